The molecule has 3 saturated carbocycles. The zero-order valence-corrected chi connectivity index (χ0v) is 11.0. The number of rotatable bonds is 2. The molecule has 3 bridgehead atoms. The highest BCUT2D eigenvalue weighted by atomic mass is 16.5. The Balaban J connectivity index is 1.79. The Morgan fingerprint density at radius 3 is 2.83 bits per heavy atom. The van der Waals surface area contributed by atoms with E-state index in [-0.39, 0.29) is 12.1 Å². The van der Waals surface area contributed by atoms with Crippen molar-refractivity contribution in [3.8, 4) is 0 Å². The Morgan fingerprint density at radius 2 is 2.11 bits per heavy atom. The van der Waals surface area contributed by atoms with E-state index in [2.05, 4.69) is 6.58 Å². The van der Waals surface area contributed by atoms with Gasteiger partial charge in [-0.05, 0) is 56.8 Å². The third-order valence-electron chi connectivity index (χ3n) is 5.13. The fourth-order valence-electron chi connectivity index (χ4n) is 4.46. The summed E-state index contributed by atoms with van der Waals surface area (Å²) < 4.78 is 5.58. The number of ether oxygens (including phenoxy) is 1. The van der Waals surface area contributed by atoms with E-state index in [9.17, 15) is 9.90 Å². The van der Waals surface area contributed by atoms with Gasteiger partial charge >= 0.3 is 5.97 Å². The molecule has 0 spiro atoms. The van der Waals surface area contributed by atoms with E-state index < -0.39 is 5.60 Å². The van der Waals surface area contributed by atoms with Crippen molar-refractivity contribution in [3.05, 3.63) is 12.2 Å². The van der Waals surface area contributed by atoms with Crippen molar-refractivity contribution in [2.24, 2.45) is 17.8 Å². The second kappa shape index (κ2) is 4.09. The first kappa shape index (κ1) is 12.2. The number of hydrogen-bond acceptors (Lipinski definition) is 3. The SMILES string of the molecule is C=C(C)C(=O)OC1CC2(O)CC3CCC1C(C3)C2. The van der Waals surface area contributed by atoms with Crippen molar-refractivity contribution in [2.75, 3.05) is 0 Å². The van der Waals surface area contributed by atoms with Crippen LogP contribution in [0.3, 0.4) is 0 Å². The Kier molecular flexibility index (Phi) is 2.77. The van der Waals surface area contributed by atoms with Gasteiger partial charge in [-0.3, -0.25) is 0 Å². The monoisotopic (exact) mass is 250 g/mol. The highest BCUT2D eigenvalue weighted by Crippen LogP contribution is 2.54. The van der Waals surface area contributed by atoms with Gasteiger partial charge in [0.05, 0.1) is 5.60 Å². The summed E-state index contributed by atoms with van der Waals surface area (Å²) in [5.41, 5.74) is -0.128. The van der Waals surface area contributed by atoms with Gasteiger partial charge in [0.15, 0.2) is 0 Å². The van der Waals surface area contributed by atoms with E-state index in [4.69, 9.17) is 4.74 Å². The van der Waals surface area contributed by atoms with Gasteiger partial charge in [-0.25, -0.2) is 4.79 Å². The summed E-state index contributed by atoms with van der Waals surface area (Å²) in [7, 11) is 0. The standard InChI is InChI=1S/C15H22O3/c1-9(2)14(16)18-13-8-15(17)6-10-3-4-12(13)11(5-10)7-15/h10-13,17H,1,3-8H2,2H3. The van der Waals surface area contributed by atoms with Crippen molar-refractivity contribution in [1.29, 1.82) is 0 Å². The molecular formula is C15H22O3. The number of esters is 1. The summed E-state index contributed by atoms with van der Waals surface area (Å²) in [6.45, 7) is 5.31. The molecule has 0 radical (unpaired) electrons. The number of carbonyl (C=O) groups excluding carboxylic acids is 1. The molecule has 5 unspecified atom stereocenters. The molecular weight excluding hydrogens is 228 g/mol. The quantitative estimate of drug-likeness (QED) is 0.605. The van der Waals surface area contributed by atoms with Gasteiger partial charge in [0.2, 0.25) is 0 Å². The molecule has 3 heteroatoms. The summed E-state index contributed by atoms with van der Waals surface area (Å²) >= 11 is 0. The van der Waals surface area contributed by atoms with E-state index in [0.29, 0.717) is 29.7 Å². The minimum Gasteiger partial charge on any atom is -0.459 e. The third-order valence-corrected chi connectivity index (χ3v) is 5.13. The van der Waals surface area contributed by atoms with Gasteiger partial charge in [0, 0.05) is 12.0 Å². The van der Waals surface area contributed by atoms with Crippen molar-refractivity contribution in [3.63, 3.8) is 0 Å². The van der Waals surface area contributed by atoms with E-state index in [1.54, 1.807) is 6.92 Å². The first-order valence-electron chi connectivity index (χ1n) is 7.06. The van der Waals surface area contributed by atoms with Crippen LogP contribution in [-0.2, 0) is 9.53 Å². The maximum atomic E-state index is 11.7. The number of carbonyl (C=O) groups is 1. The average Bonchev–Trinajstić information content (AvgIpc) is 2.25. The lowest BCUT2D eigenvalue weighted by Gasteiger charge is -2.55. The van der Waals surface area contributed by atoms with Crippen LogP contribution in [-0.4, -0.2) is 22.8 Å². The fraction of sp³-hybridized carbons (Fsp3) is 0.800. The predicted octanol–water partition coefficient (Wildman–Crippen LogP) is 2.44. The maximum Gasteiger partial charge on any atom is 0.333 e. The molecule has 100 valence electrons. The van der Waals surface area contributed by atoms with E-state index in [0.717, 1.165) is 19.3 Å². The normalized spacial score (nSPS) is 45.7. The highest BCUT2D eigenvalue weighted by Gasteiger charge is 2.53. The molecule has 0 aromatic rings. The van der Waals surface area contributed by atoms with Gasteiger partial charge < -0.3 is 9.84 Å². The van der Waals surface area contributed by atoms with Crippen LogP contribution in [0.1, 0.15) is 45.4 Å². The van der Waals surface area contributed by atoms with Crippen molar-refractivity contribution in [1.82, 2.24) is 0 Å². The predicted molar refractivity (Wildman–Crippen MR) is 67.8 cm³/mol. The van der Waals surface area contributed by atoms with Crippen LogP contribution in [0.4, 0.5) is 0 Å². The van der Waals surface area contributed by atoms with Crippen LogP contribution < -0.4 is 0 Å². The lowest BCUT2D eigenvalue weighted by molar-refractivity contribution is -0.180. The molecule has 0 heterocycles. The Morgan fingerprint density at radius 1 is 1.33 bits per heavy atom. The Bertz CT molecular complexity index is 385. The number of aliphatic hydroxyl groups is 1. The van der Waals surface area contributed by atoms with Crippen LogP contribution in [0.15, 0.2) is 12.2 Å². The average molecular weight is 250 g/mol. The first-order chi connectivity index (χ1) is 8.47. The first-order valence-corrected chi connectivity index (χ1v) is 7.06. The molecule has 0 aromatic heterocycles. The number of hydrogen-bond donors (Lipinski definition) is 1. The molecule has 0 aromatic carbocycles. The summed E-state index contributed by atoms with van der Waals surface area (Å²) in [4.78, 5) is 11.7. The van der Waals surface area contributed by atoms with Gasteiger partial charge in [0.1, 0.15) is 6.10 Å². The summed E-state index contributed by atoms with van der Waals surface area (Å²) in [6, 6.07) is 0. The molecule has 3 aliphatic carbocycles. The van der Waals surface area contributed by atoms with Crippen LogP contribution in [0.2, 0.25) is 0 Å². The summed E-state index contributed by atoms with van der Waals surface area (Å²) in [5.74, 6) is 1.41. The second-order valence-corrected chi connectivity index (χ2v) is 6.66. The topological polar surface area (TPSA) is 46.5 Å². The summed E-state index contributed by atoms with van der Waals surface area (Å²) in [5, 5.41) is 10.6. The lowest BCUT2D eigenvalue weighted by atomic mass is 9.55. The van der Waals surface area contributed by atoms with Gasteiger partial charge in [-0.1, -0.05) is 6.58 Å². The molecule has 3 aliphatic rings. The largest absolute Gasteiger partial charge is 0.459 e. The fourth-order valence-corrected chi connectivity index (χ4v) is 4.46. The van der Waals surface area contributed by atoms with Crippen molar-refractivity contribution in [2.45, 2.75) is 57.2 Å². The van der Waals surface area contributed by atoms with Gasteiger partial charge in [-0.2, -0.15) is 0 Å². The third kappa shape index (κ3) is 1.99. The molecule has 18 heavy (non-hydrogen) atoms. The van der Waals surface area contributed by atoms with Crippen LogP contribution in [0.5, 0.6) is 0 Å². The molecule has 5 atom stereocenters. The maximum absolute atomic E-state index is 11.7. The highest BCUT2D eigenvalue weighted by molar-refractivity contribution is 5.87. The van der Waals surface area contributed by atoms with E-state index in [1.807, 2.05) is 0 Å². The van der Waals surface area contributed by atoms with Crippen LogP contribution in [0, 0.1) is 17.8 Å². The van der Waals surface area contributed by atoms with E-state index in [1.165, 1.54) is 12.8 Å². The zero-order chi connectivity index (χ0) is 12.9. The molecule has 1 N–H and O–H groups in total. The molecule has 3 nitrogen and oxygen atoms in total. The van der Waals surface area contributed by atoms with Crippen LogP contribution >= 0.6 is 0 Å². The van der Waals surface area contributed by atoms with Crippen molar-refractivity contribution < 1.29 is 14.6 Å². The molecule has 0 amide bonds. The number of fused-ring (bicyclic) bond motifs is 2. The van der Waals surface area contributed by atoms with Crippen LogP contribution in [0.25, 0.3) is 0 Å². The second-order valence-electron chi connectivity index (χ2n) is 6.66. The molecule has 0 aliphatic heterocycles. The summed E-state index contributed by atoms with van der Waals surface area (Å²) in [6.07, 6.45) is 5.90. The van der Waals surface area contributed by atoms with E-state index >= 15 is 0 Å². The molecule has 0 saturated heterocycles. The smallest absolute Gasteiger partial charge is 0.333 e. The minimum atomic E-state index is -0.579. The lowest BCUT2D eigenvalue weighted by Crippen LogP contribution is -2.55. The zero-order valence-electron chi connectivity index (χ0n) is 11.0. The minimum absolute atomic E-state index is 0.0980. The molecule has 3 rings (SSSR count). The molecule has 3 fully saturated rings. The van der Waals surface area contributed by atoms with Crippen molar-refractivity contribution >= 4 is 5.97 Å². The van der Waals surface area contributed by atoms with Gasteiger partial charge in [0.25, 0.3) is 0 Å². The Labute approximate surface area is 108 Å². The Hall–Kier alpha value is -0.830. The van der Waals surface area contributed by atoms with Gasteiger partial charge in [-0.15, -0.1) is 0 Å².